The predicted octanol–water partition coefficient (Wildman–Crippen LogP) is 2.95. The molecule has 2 rings (SSSR count). The third-order valence-electron chi connectivity index (χ3n) is 3.86. The molecule has 0 spiro atoms. The molecular formula is C16H27F3IN5OS. The molecule has 0 bridgehead atoms. The van der Waals surface area contributed by atoms with Crippen molar-refractivity contribution < 1.29 is 17.9 Å². The number of morpholine rings is 1. The van der Waals surface area contributed by atoms with Crippen molar-refractivity contribution in [2.75, 3.05) is 45.9 Å². The highest BCUT2D eigenvalue weighted by atomic mass is 127. The van der Waals surface area contributed by atoms with Gasteiger partial charge in [0.15, 0.2) is 11.7 Å². The zero-order valence-corrected chi connectivity index (χ0v) is 18.5. The fourth-order valence-electron chi connectivity index (χ4n) is 2.49. The van der Waals surface area contributed by atoms with Crippen molar-refractivity contribution in [3.05, 3.63) is 16.1 Å². The highest BCUT2D eigenvalue weighted by Gasteiger charge is 2.33. The molecule has 1 aromatic rings. The normalized spacial score (nSPS) is 16.1. The summed E-state index contributed by atoms with van der Waals surface area (Å²) in [6.45, 7) is 8.18. The van der Waals surface area contributed by atoms with E-state index in [0.717, 1.165) is 69.0 Å². The Labute approximate surface area is 179 Å². The van der Waals surface area contributed by atoms with Crippen LogP contribution < -0.4 is 10.6 Å². The van der Waals surface area contributed by atoms with Gasteiger partial charge >= 0.3 is 6.18 Å². The minimum absolute atomic E-state index is 0. The second-order valence-electron chi connectivity index (χ2n) is 5.91. The summed E-state index contributed by atoms with van der Waals surface area (Å²) in [5.41, 5.74) is -0.853. The molecule has 1 saturated heterocycles. The van der Waals surface area contributed by atoms with Gasteiger partial charge in [-0.25, -0.2) is 9.98 Å². The number of thiazole rings is 1. The SMILES string of the molecule is CCNC(=NCc1nc(C(F)(F)F)cs1)NCCCCN1CCOCC1.I. The number of alkyl halides is 3. The molecule has 0 saturated carbocycles. The maximum atomic E-state index is 12.6. The Bertz CT molecular complexity index is 564. The summed E-state index contributed by atoms with van der Waals surface area (Å²) in [6.07, 6.45) is -2.33. The molecule has 27 heavy (non-hydrogen) atoms. The summed E-state index contributed by atoms with van der Waals surface area (Å²) in [4.78, 5) is 10.3. The Kier molecular flexibility index (Phi) is 11.5. The van der Waals surface area contributed by atoms with Gasteiger partial charge < -0.3 is 15.4 Å². The van der Waals surface area contributed by atoms with E-state index in [1.54, 1.807) is 0 Å². The minimum Gasteiger partial charge on any atom is -0.379 e. The molecule has 0 radical (unpaired) electrons. The number of guanidine groups is 1. The highest BCUT2D eigenvalue weighted by Crippen LogP contribution is 2.30. The summed E-state index contributed by atoms with van der Waals surface area (Å²) >= 11 is 0.975. The minimum atomic E-state index is -4.40. The number of nitrogens with zero attached hydrogens (tertiary/aromatic N) is 3. The highest BCUT2D eigenvalue weighted by molar-refractivity contribution is 14.0. The van der Waals surface area contributed by atoms with E-state index in [1.807, 2.05) is 6.92 Å². The smallest absolute Gasteiger partial charge is 0.379 e. The average Bonchev–Trinajstić information content (AvgIpc) is 3.09. The Morgan fingerprint density at radius 1 is 1.30 bits per heavy atom. The number of aliphatic imine (C=N–C) groups is 1. The van der Waals surface area contributed by atoms with Crippen molar-refractivity contribution in [1.82, 2.24) is 20.5 Å². The zero-order chi connectivity index (χ0) is 18.8. The van der Waals surface area contributed by atoms with Crippen molar-refractivity contribution in [3.8, 4) is 0 Å². The van der Waals surface area contributed by atoms with Crippen molar-refractivity contribution in [2.45, 2.75) is 32.5 Å². The third kappa shape index (κ3) is 9.39. The first-order valence-electron chi connectivity index (χ1n) is 8.83. The van der Waals surface area contributed by atoms with Gasteiger partial charge in [-0.3, -0.25) is 4.90 Å². The largest absolute Gasteiger partial charge is 0.434 e. The molecule has 0 unspecified atom stereocenters. The lowest BCUT2D eigenvalue weighted by atomic mass is 10.3. The van der Waals surface area contributed by atoms with Gasteiger partial charge in [-0.1, -0.05) is 0 Å². The summed E-state index contributed by atoms with van der Waals surface area (Å²) in [6, 6.07) is 0. The molecule has 156 valence electrons. The molecule has 0 aromatic carbocycles. The van der Waals surface area contributed by atoms with E-state index in [4.69, 9.17) is 4.74 Å². The second-order valence-corrected chi connectivity index (χ2v) is 6.85. The van der Waals surface area contributed by atoms with Crippen LogP contribution in [-0.2, 0) is 17.5 Å². The van der Waals surface area contributed by atoms with Crippen LogP contribution in [0.1, 0.15) is 30.5 Å². The molecule has 11 heteroatoms. The molecule has 2 N–H and O–H groups in total. The lowest BCUT2D eigenvalue weighted by Crippen LogP contribution is -2.39. The van der Waals surface area contributed by atoms with Gasteiger partial charge in [0.2, 0.25) is 0 Å². The molecule has 0 aliphatic carbocycles. The quantitative estimate of drug-likeness (QED) is 0.239. The van der Waals surface area contributed by atoms with Crippen molar-refractivity contribution in [2.24, 2.45) is 4.99 Å². The van der Waals surface area contributed by atoms with Crippen molar-refractivity contribution in [3.63, 3.8) is 0 Å². The topological polar surface area (TPSA) is 61.8 Å². The lowest BCUT2D eigenvalue weighted by molar-refractivity contribution is -0.140. The van der Waals surface area contributed by atoms with Crippen LogP contribution in [0.3, 0.4) is 0 Å². The number of ether oxygens (including phenoxy) is 1. The van der Waals surface area contributed by atoms with E-state index in [0.29, 0.717) is 17.5 Å². The summed E-state index contributed by atoms with van der Waals surface area (Å²) in [7, 11) is 0. The van der Waals surface area contributed by atoms with Crippen LogP contribution in [0.15, 0.2) is 10.4 Å². The number of hydrogen-bond donors (Lipinski definition) is 2. The van der Waals surface area contributed by atoms with Gasteiger partial charge in [0.05, 0.1) is 19.8 Å². The molecule has 1 fully saturated rings. The fourth-order valence-corrected chi connectivity index (χ4v) is 3.22. The standard InChI is InChI=1S/C16H26F3N5OS.HI/c1-2-20-15(21-5-3-4-6-24-7-9-25-10-8-24)22-11-14-23-13(12-26-14)16(17,18)19;/h12H,2-11H2,1H3,(H2,20,21,22);1H. The molecule has 1 aliphatic rings. The molecule has 0 amide bonds. The summed E-state index contributed by atoms with van der Waals surface area (Å²) < 4.78 is 43.0. The number of halogens is 4. The van der Waals surface area contributed by atoms with Gasteiger partial charge in [0.25, 0.3) is 0 Å². The van der Waals surface area contributed by atoms with E-state index in [2.05, 4.69) is 25.5 Å². The fraction of sp³-hybridized carbons (Fsp3) is 0.750. The number of unbranched alkanes of at least 4 members (excludes halogenated alkanes) is 1. The van der Waals surface area contributed by atoms with E-state index in [1.165, 1.54) is 0 Å². The van der Waals surface area contributed by atoms with Gasteiger partial charge in [-0.2, -0.15) is 13.2 Å². The maximum Gasteiger partial charge on any atom is 0.434 e. The van der Waals surface area contributed by atoms with E-state index >= 15 is 0 Å². The van der Waals surface area contributed by atoms with Crippen LogP contribution in [0.25, 0.3) is 0 Å². The molecule has 1 aromatic heterocycles. The van der Waals surface area contributed by atoms with E-state index in [9.17, 15) is 13.2 Å². The monoisotopic (exact) mass is 521 g/mol. The summed E-state index contributed by atoms with van der Waals surface area (Å²) in [5.74, 6) is 0.600. The third-order valence-corrected chi connectivity index (χ3v) is 4.69. The number of rotatable bonds is 8. The predicted molar refractivity (Wildman–Crippen MR) is 112 cm³/mol. The van der Waals surface area contributed by atoms with Gasteiger partial charge in [0, 0.05) is 31.6 Å². The second kappa shape index (κ2) is 12.7. The number of aromatic nitrogens is 1. The van der Waals surface area contributed by atoms with E-state index < -0.39 is 11.9 Å². The molecule has 0 atom stereocenters. The number of hydrogen-bond acceptors (Lipinski definition) is 5. The van der Waals surface area contributed by atoms with Crippen LogP contribution in [0.4, 0.5) is 13.2 Å². The van der Waals surface area contributed by atoms with Crippen LogP contribution >= 0.6 is 35.3 Å². The molecular weight excluding hydrogens is 494 g/mol. The van der Waals surface area contributed by atoms with Gasteiger partial charge in [-0.15, -0.1) is 35.3 Å². The van der Waals surface area contributed by atoms with Crippen LogP contribution in [0.2, 0.25) is 0 Å². The maximum absolute atomic E-state index is 12.6. The Balaban J connectivity index is 0.00000364. The first-order chi connectivity index (χ1) is 12.5. The van der Waals surface area contributed by atoms with Crippen molar-refractivity contribution >= 4 is 41.3 Å². The molecule has 6 nitrogen and oxygen atoms in total. The lowest BCUT2D eigenvalue weighted by Gasteiger charge is -2.26. The van der Waals surface area contributed by atoms with Crippen LogP contribution in [-0.4, -0.2) is 61.8 Å². The van der Waals surface area contributed by atoms with E-state index in [-0.39, 0.29) is 30.5 Å². The molecule has 2 heterocycles. The van der Waals surface area contributed by atoms with Crippen LogP contribution in [0.5, 0.6) is 0 Å². The van der Waals surface area contributed by atoms with Gasteiger partial charge in [0.1, 0.15) is 5.01 Å². The zero-order valence-electron chi connectivity index (χ0n) is 15.3. The first-order valence-corrected chi connectivity index (χ1v) is 9.71. The Morgan fingerprint density at radius 3 is 2.67 bits per heavy atom. The average molecular weight is 521 g/mol. The van der Waals surface area contributed by atoms with Gasteiger partial charge in [-0.05, 0) is 26.3 Å². The Morgan fingerprint density at radius 2 is 2.04 bits per heavy atom. The molecule has 1 aliphatic heterocycles. The number of nitrogens with one attached hydrogen (secondary N) is 2. The Hall–Kier alpha value is -0.660. The first kappa shape index (κ1) is 24.4. The summed E-state index contributed by atoms with van der Waals surface area (Å²) in [5, 5.41) is 7.69. The van der Waals surface area contributed by atoms with Crippen molar-refractivity contribution in [1.29, 1.82) is 0 Å². The van der Waals surface area contributed by atoms with Crippen LogP contribution in [0, 0.1) is 0 Å².